The van der Waals surface area contributed by atoms with Crippen LogP contribution < -0.4 is 10.1 Å². The molecule has 0 bridgehead atoms. The Morgan fingerprint density at radius 3 is 2.41 bits per heavy atom. The van der Waals surface area contributed by atoms with Crippen LogP contribution in [0.2, 0.25) is 0 Å². The Labute approximate surface area is 103 Å². The van der Waals surface area contributed by atoms with Crippen molar-refractivity contribution < 1.29 is 9.53 Å². The van der Waals surface area contributed by atoms with E-state index >= 15 is 0 Å². The number of likely N-dealkylation sites (N-methyl/N-ethyl adjacent to an activating group) is 1. The van der Waals surface area contributed by atoms with Crippen LogP contribution in [-0.2, 0) is 4.79 Å². The second-order valence-electron chi connectivity index (χ2n) is 4.16. The van der Waals surface area contributed by atoms with Crippen LogP contribution in [0.3, 0.4) is 0 Å². The monoisotopic (exact) mass is 236 g/mol. The van der Waals surface area contributed by atoms with Gasteiger partial charge in [-0.05, 0) is 24.6 Å². The van der Waals surface area contributed by atoms with Crippen molar-refractivity contribution in [3.8, 4) is 5.75 Å². The van der Waals surface area contributed by atoms with Gasteiger partial charge in [-0.25, -0.2) is 0 Å². The molecule has 0 fully saturated rings. The highest BCUT2D eigenvalue weighted by molar-refractivity contribution is 5.77. The molecule has 1 amide bonds. The summed E-state index contributed by atoms with van der Waals surface area (Å²) in [5.74, 6) is 0.913. The van der Waals surface area contributed by atoms with E-state index in [4.69, 9.17) is 4.74 Å². The summed E-state index contributed by atoms with van der Waals surface area (Å²) in [6, 6.07) is 7.97. The van der Waals surface area contributed by atoms with Crippen molar-refractivity contribution in [1.82, 2.24) is 10.2 Å². The van der Waals surface area contributed by atoms with E-state index in [9.17, 15) is 4.79 Å². The van der Waals surface area contributed by atoms with Gasteiger partial charge in [-0.2, -0.15) is 0 Å². The van der Waals surface area contributed by atoms with E-state index in [0.717, 1.165) is 11.3 Å². The van der Waals surface area contributed by atoms with Gasteiger partial charge in [-0.3, -0.25) is 4.79 Å². The van der Waals surface area contributed by atoms with Crippen molar-refractivity contribution in [2.75, 3.05) is 27.7 Å². The molecule has 0 aromatic heterocycles. The van der Waals surface area contributed by atoms with E-state index in [1.807, 2.05) is 31.2 Å². The maximum Gasteiger partial charge on any atom is 0.236 e. The average Bonchev–Trinajstić information content (AvgIpc) is 2.35. The van der Waals surface area contributed by atoms with Gasteiger partial charge in [0.2, 0.25) is 5.91 Å². The minimum absolute atomic E-state index is 0.0744. The smallest absolute Gasteiger partial charge is 0.236 e. The molecule has 0 unspecified atom stereocenters. The van der Waals surface area contributed by atoms with Crippen molar-refractivity contribution in [3.63, 3.8) is 0 Å². The molecule has 1 rings (SSSR count). The van der Waals surface area contributed by atoms with Crippen molar-refractivity contribution in [2.24, 2.45) is 0 Å². The number of methoxy groups -OCH3 is 1. The van der Waals surface area contributed by atoms with Gasteiger partial charge in [0.15, 0.2) is 0 Å². The second kappa shape index (κ2) is 6.25. The summed E-state index contributed by atoms with van der Waals surface area (Å²) in [7, 11) is 5.15. The zero-order valence-electron chi connectivity index (χ0n) is 10.9. The molecule has 0 saturated heterocycles. The molecule has 0 aliphatic rings. The molecule has 0 heterocycles. The molecule has 0 aliphatic carbocycles. The zero-order valence-corrected chi connectivity index (χ0v) is 10.9. The molecule has 4 heteroatoms. The average molecular weight is 236 g/mol. The van der Waals surface area contributed by atoms with Gasteiger partial charge in [0, 0.05) is 20.1 Å². The predicted octanol–water partition coefficient (Wildman–Crippen LogP) is 1.43. The van der Waals surface area contributed by atoms with Crippen molar-refractivity contribution in [2.45, 2.75) is 13.0 Å². The van der Waals surface area contributed by atoms with Crippen LogP contribution in [0.1, 0.15) is 18.5 Å². The van der Waals surface area contributed by atoms with Gasteiger partial charge in [0.05, 0.1) is 13.7 Å². The first-order valence-corrected chi connectivity index (χ1v) is 5.62. The minimum Gasteiger partial charge on any atom is -0.497 e. The number of hydrogen-bond acceptors (Lipinski definition) is 3. The Bertz CT molecular complexity index is 360. The minimum atomic E-state index is 0.0744. The van der Waals surface area contributed by atoms with E-state index in [1.165, 1.54) is 0 Å². The number of nitrogens with one attached hydrogen (secondary N) is 1. The maximum absolute atomic E-state index is 11.4. The Hall–Kier alpha value is -1.55. The molecule has 94 valence electrons. The number of ether oxygens (including phenoxy) is 1. The molecule has 1 aromatic rings. The standard InChI is InChI=1S/C13H20N2O2/c1-10(14-9-13(16)15(2)3)11-5-7-12(17-4)8-6-11/h5-8,10,14H,9H2,1-4H3/t10-/m1/s1. The number of rotatable bonds is 5. The number of nitrogens with zero attached hydrogens (tertiary/aromatic N) is 1. The second-order valence-corrected chi connectivity index (χ2v) is 4.16. The molecular formula is C13H20N2O2. The fraction of sp³-hybridized carbons (Fsp3) is 0.462. The van der Waals surface area contributed by atoms with Gasteiger partial charge in [-0.1, -0.05) is 12.1 Å². The number of amides is 1. The van der Waals surface area contributed by atoms with Gasteiger partial charge in [0.1, 0.15) is 5.75 Å². The van der Waals surface area contributed by atoms with Crippen LogP contribution in [-0.4, -0.2) is 38.6 Å². The van der Waals surface area contributed by atoms with Crippen LogP contribution >= 0.6 is 0 Å². The highest BCUT2D eigenvalue weighted by atomic mass is 16.5. The summed E-state index contributed by atoms with van der Waals surface area (Å²) in [6.07, 6.45) is 0. The van der Waals surface area contributed by atoms with E-state index in [-0.39, 0.29) is 11.9 Å². The fourth-order valence-electron chi connectivity index (χ4n) is 1.41. The highest BCUT2D eigenvalue weighted by Crippen LogP contribution is 2.16. The van der Waals surface area contributed by atoms with Crippen molar-refractivity contribution in [3.05, 3.63) is 29.8 Å². The molecule has 0 saturated carbocycles. The predicted molar refractivity (Wildman–Crippen MR) is 68.1 cm³/mol. The lowest BCUT2D eigenvalue weighted by Crippen LogP contribution is -2.34. The number of hydrogen-bond donors (Lipinski definition) is 1. The quantitative estimate of drug-likeness (QED) is 0.841. The third kappa shape index (κ3) is 4.07. The topological polar surface area (TPSA) is 41.6 Å². The molecule has 0 spiro atoms. The third-order valence-corrected chi connectivity index (χ3v) is 2.67. The van der Waals surface area contributed by atoms with Gasteiger partial charge >= 0.3 is 0 Å². The largest absolute Gasteiger partial charge is 0.497 e. The zero-order chi connectivity index (χ0) is 12.8. The summed E-state index contributed by atoms with van der Waals surface area (Å²) in [5, 5.41) is 3.19. The molecule has 1 aromatic carbocycles. The summed E-state index contributed by atoms with van der Waals surface area (Å²) in [6.45, 7) is 2.38. The van der Waals surface area contributed by atoms with E-state index < -0.39 is 0 Å². The number of carbonyl (C=O) groups excluding carboxylic acids is 1. The van der Waals surface area contributed by atoms with Crippen molar-refractivity contribution in [1.29, 1.82) is 0 Å². The Morgan fingerprint density at radius 2 is 1.94 bits per heavy atom. The first-order chi connectivity index (χ1) is 8.04. The highest BCUT2D eigenvalue weighted by Gasteiger charge is 2.08. The SMILES string of the molecule is COc1ccc([C@@H](C)NCC(=O)N(C)C)cc1. The van der Waals surface area contributed by atoms with Crippen LogP contribution in [0.5, 0.6) is 5.75 Å². The van der Waals surface area contributed by atoms with Crippen LogP contribution in [0, 0.1) is 0 Å². The molecule has 17 heavy (non-hydrogen) atoms. The van der Waals surface area contributed by atoms with Gasteiger partial charge in [-0.15, -0.1) is 0 Å². The van der Waals surface area contributed by atoms with Gasteiger partial charge in [0.25, 0.3) is 0 Å². The van der Waals surface area contributed by atoms with Crippen molar-refractivity contribution >= 4 is 5.91 Å². The summed E-state index contributed by atoms with van der Waals surface area (Å²) < 4.78 is 5.10. The normalized spacial score (nSPS) is 12.0. The first-order valence-electron chi connectivity index (χ1n) is 5.62. The summed E-state index contributed by atoms with van der Waals surface area (Å²) in [5.41, 5.74) is 1.14. The molecule has 1 atom stereocenters. The number of benzene rings is 1. The Balaban J connectivity index is 2.51. The van der Waals surface area contributed by atoms with Crippen LogP contribution in [0.4, 0.5) is 0 Å². The molecule has 4 nitrogen and oxygen atoms in total. The van der Waals surface area contributed by atoms with Gasteiger partial charge < -0.3 is 15.0 Å². The van der Waals surface area contributed by atoms with E-state index in [0.29, 0.717) is 6.54 Å². The third-order valence-electron chi connectivity index (χ3n) is 2.67. The lowest BCUT2D eigenvalue weighted by molar-refractivity contribution is -0.127. The summed E-state index contributed by atoms with van der Waals surface area (Å²) in [4.78, 5) is 13.0. The fourth-order valence-corrected chi connectivity index (χ4v) is 1.41. The summed E-state index contributed by atoms with van der Waals surface area (Å²) >= 11 is 0. The van der Waals surface area contributed by atoms with Crippen LogP contribution in [0.15, 0.2) is 24.3 Å². The van der Waals surface area contributed by atoms with Crippen LogP contribution in [0.25, 0.3) is 0 Å². The molecular weight excluding hydrogens is 216 g/mol. The maximum atomic E-state index is 11.4. The lowest BCUT2D eigenvalue weighted by Gasteiger charge is -2.16. The Kier molecular flexibility index (Phi) is 4.97. The number of carbonyl (C=O) groups is 1. The lowest BCUT2D eigenvalue weighted by atomic mass is 10.1. The van der Waals surface area contributed by atoms with E-state index in [2.05, 4.69) is 5.32 Å². The van der Waals surface area contributed by atoms with E-state index in [1.54, 1.807) is 26.1 Å². The first kappa shape index (κ1) is 13.5. The Morgan fingerprint density at radius 1 is 1.35 bits per heavy atom. The molecule has 1 N–H and O–H groups in total. The molecule has 0 aliphatic heterocycles. The molecule has 0 radical (unpaired) electrons.